The smallest absolute Gasteiger partial charge is 0.339 e. The van der Waals surface area contributed by atoms with Gasteiger partial charge in [0.25, 0.3) is 0 Å². The first-order chi connectivity index (χ1) is 28.1. The zero-order valence-corrected chi connectivity index (χ0v) is 34.9. The van der Waals surface area contributed by atoms with Gasteiger partial charge in [-0.05, 0) is 6.92 Å². The van der Waals surface area contributed by atoms with Crippen molar-refractivity contribution in [2.45, 2.75) is 154 Å². The van der Waals surface area contributed by atoms with Gasteiger partial charge < -0.3 is 72.8 Å². The molecule has 3 N–H and O–H groups in total. The van der Waals surface area contributed by atoms with Gasteiger partial charge in [0.1, 0.15) is 37.0 Å². The Bertz CT molecular complexity index is 1610. The second kappa shape index (κ2) is 22.0. The van der Waals surface area contributed by atoms with E-state index in [-0.39, 0.29) is 0 Å². The number of rotatable bonds is 15. The number of carbonyl (C=O) groups excluding carboxylic acids is 9. The molecule has 24 nitrogen and oxygen atoms in total. The molecule has 15 atom stereocenters. The van der Waals surface area contributed by atoms with Crippen LogP contribution in [0, 0.1) is 0 Å². The summed E-state index contributed by atoms with van der Waals surface area (Å²) < 4.78 is 68.9. The van der Waals surface area contributed by atoms with Gasteiger partial charge in [0.2, 0.25) is 17.7 Å². The molecule has 3 amide bonds. The van der Waals surface area contributed by atoms with E-state index in [4.69, 9.17) is 56.8 Å². The number of hydrogen-bond acceptors (Lipinski definition) is 21. The maximum Gasteiger partial charge on any atom is 0.339 e. The average Bonchev–Trinajstić information content (AvgIpc) is 3.12. The van der Waals surface area contributed by atoms with Crippen molar-refractivity contribution in [1.82, 2.24) is 16.0 Å². The molecule has 0 aliphatic carbocycles. The molecular weight excluding hydrogens is 810 g/mol. The Labute approximate surface area is 344 Å². The van der Waals surface area contributed by atoms with Crippen molar-refractivity contribution in [2.24, 2.45) is 0 Å². The van der Waals surface area contributed by atoms with Crippen LogP contribution in [-0.4, -0.2) is 166 Å². The molecule has 0 spiro atoms. The lowest BCUT2D eigenvalue weighted by Crippen LogP contribution is -2.72. The fourth-order valence-electron chi connectivity index (χ4n) is 6.95. The Hall–Kier alpha value is -5.01. The molecule has 338 valence electrons. The van der Waals surface area contributed by atoms with Crippen LogP contribution in [0.15, 0.2) is 0 Å². The Morgan fingerprint density at radius 2 is 0.917 bits per heavy atom. The summed E-state index contributed by atoms with van der Waals surface area (Å²) in [6, 6.07) is -4.26. The lowest BCUT2D eigenvalue weighted by Gasteiger charge is -2.51. The molecule has 60 heavy (non-hydrogen) atoms. The Morgan fingerprint density at radius 3 is 1.37 bits per heavy atom. The van der Waals surface area contributed by atoms with Gasteiger partial charge in [0.15, 0.2) is 49.4 Å². The minimum Gasteiger partial charge on any atom is -0.467 e. The normalized spacial score (nSPS) is 33.8. The van der Waals surface area contributed by atoms with Crippen molar-refractivity contribution in [1.29, 1.82) is 0 Å². The summed E-state index contributed by atoms with van der Waals surface area (Å²) >= 11 is 0. The van der Waals surface area contributed by atoms with Crippen LogP contribution in [0.1, 0.15) is 62.3 Å². The second-order valence-electron chi connectivity index (χ2n) is 13.9. The SMILES string of the molecule is COC(=O)C1OC(OC2C(COC(C)=O)OC(OC3C(NC(C)=O)C(C)OC(OC)C3OC(C)=O)C(NC(C)=O)C2OC(C)=O)C(NC(C)=O)C(OC(C)=O)C1OC(C)=O. The second-order valence-corrected chi connectivity index (χ2v) is 13.9. The molecule has 24 heteroatoms. The van der Waals surface area contributed by atoms with Crippen molar-refractivity contribution in [3.8, 4) is 0 Å². The number of ether oxygens (including phenoxy) is 12. The number of methoxy groups -OCH3 is 2. The molecule has 0 aromatic carbocycles. The van der Waals surface area contributed by atoms with Gasteiger partial charge in [-0.3, -0.25) is 38.4 Å². The zero-order valence-electron chi connectivity index (χ0n) is 34.9. The fourth-order valence-corrected chi connectivity index (χ4v) is 6.95. The van der Waals surface area contributed by atoms with E-state index in [1.807, 2.05) is 0 Å². The Morgan fingerprint density at radius 1 is 0.483 bits per heavy atom. The third-order valence-corrected chi connectivity index (χ3v) is 9.01. The Kier molecular flexibility index (Phi) is 18.1. The number of carbonyl (C=O) groups is 9. The summed E-state index contributed by atoms with van der Waals surface area (Å²) in [6.07, 6.45) is -18.8. The van der Waals surface area contributed by atoms with Crippen LogP contribution in [-0.2, 0) is 100.0 Å². The molecular formula is C36H53N3O21. The zero-order chi connectivity index (χ0) is 45.2. The monoisotopic (exact) mass is 863 g/mol. The van der Waals surface area contributed by atoms with E-state index < -0.39 is 152 Å². The van der Waals surface area contributed by atoms with E-state index in [0.717, 1.165) is 55.6 Å². The van der Waals surface area contributed by atoms with Crippen LogP contribution in [0.25, 0.3) is 0 Å². The van der Waals surface area contributed by atoms with Crippen LogP contribution in [0.3, 0.4) is 0 Å². The molecule has 3 saturated heterocycles. The van der Waals surface area contributed by atoms with E-state index in [2.05, 4.69) is 16.0 Å². The molecule has 15 unspecified atom stereocenters. The summed E-state index contributed by atoms with van der Waals surface area (Å²) in [6.45, 7) is 9.50. The van der Waals surface area contributed by atoms with Crippen LogP contribution in [0.4, 0.5) is 0 Å². The molecule has 0 bridgehead atoms. The molecule has 3 aliphatic heterocycles. The van der Waals surface area contributed by atoms with Crippen LogP contribution < -0.4 is 16.0 Å². The van der Waals surface area contributed by atoms with Gasteiger partial charge in [-0.1, -0.05) is 0 Å². The molecule has 0 saturated carbocycles. The Balaban J connectivity index is 2.27. The van der Waals surface area contributed by atoms with Crippen molar-refractivity contribution < 1.29 is 100.0 Å². The van der Waals surface area contributed by atoms with E-state index in [1.54, 1.807) is 6.92 Å². The summed E-state index contributed by atoms with van der Waals surface area (Å²) in [5.41, 5.74) is 0. The number of nitrogens with one attached hydrogen (secondary N) is 3. The van der Waals surface area contributed by atoms with Gasteiger partial charge in [0.05, 0.1) is 19.3 Å². The van der Waals surface area contributed by atoms with Crippen molar-refractivity contribution >= 4 is 53.5 Å². The van der Waals surface area contributed by atoms with E-state index in [1.165, 1.54) is 14.0 Å². The van der Waals surface area contributed by atoms with Gasteiger partial charge in [-0.25, -0.2) is 4.79 Å². The highest BCUT2D eigenvalue weighted by Crippen LogP contribution is 2.36. The summed E-state index contributed by atoms with van der Waals surface area (Å²) in [4.78, 5) is 113. The predicted molar refractivity (Wildman–Crippen MR) is 192 cm³/mol. The highest BCUT2D eigenvalue weighted by Gasteiger charge is 2.59. The molecule has 3 fully saturated rings. The standard InChI is InChI=1S/C36H53N3O21/c1-13-23(37-14(2)40)27(32(56-21(9)47)36(50-11)52-13)59-34-24(38-15(3)41)28(53-18(6)44)26(22(57-34)12-51-17(5)43)58-35-25(39-16(4)42)29(54-19(7)45)30(55-20(8)46)31(60-35)33(48)49-10/h13,22-32,34-36H,12H2,1-11H3,(H,37,40)(H,38,41)(H,39,42). The van der Waals surface area contributed by atoms with Crippen molar-refractivity contribution in [3.63, 3.8) is 0 Å². The summed E-state index contributed by atoms with van der Waals surface area (Å²) in [7, 11) is 2.25. The fraction of sp³-hybridized carbons (Fsp3) is 0.750. The largest absolute Gasteiger partial charge is 0.467 e. The first-order valence-corrected chi connectivity index (χ1v) is 18.6. The van der Waals surface area contributed by atoms with Gasteiger partial charge in [-0.2, -0.15) is 0 Å². The van der Waals surface area contributed by atoms with Crippen molar-refractivity contribution in [3.05, 3.63) is 0 Å². The van der Waals surface area contributed by atoms with E-state index in [0.29, 0.717) is 0 Å². The maximum absolute atomic E-state index is 13.2. The topological polar surface area (TPSA) is 300 Å². The maximum atomic E-state index is 13.2. The molecule has 3 aliphatic rings. The van der Waals surface area contributed by atoms with Gasteiger partial charge in [-0.15, -0.1) is 0 Å². The minimum absolute atomic E-state index is 0.544. The molecule has 0 radical (unpaired) electrons. The average molecular weight is 864 g/mol. The highest BCUT2D eigenvalue weighted by atomic mass is 16.8. The summed E-state index contributed by atoms with van der Waals surface area (Å²) in [5, 5.41) is 7.79. The van der Waals surface area contributed by atoms with Crippen LogP contribution in [0.5, 0.6) is 0 Å². The molecule has 0 aromatic heterocycles. The quantitative estimate of drug-likeness (QED) is 0.114. The number of hydrogen-bond donors (Lipinski definition) is 3. The minimum atomic E-state index is -1.90. The van der Waals surface area contributed by atoms with E-state index in [9.17, 15) is 43.2 Å². The molecule has 3 heterocycles. The predicted octanol–water partition coefficient (Wildman–Crippen LogP) is -2.43. The third kappa shape index (κ3) is 13.2. The first kappa shape index (κ1) is 49.4. The molecule has 3 rings (SSSR count). The lowest BCUT2D eigenvalue weighted by molar-refractivity contribution is -0.349. The van der Waals surface area contributed by atoms with Gasteiger partial charge >= 0.3 is 35.8 Å². The van der Waals surface area contributed by atoms with Crippen molar-refractivity contribution in [2.75, 3.05) is 20.8 Å². The van der Waals surface area contributed by atoms with E-state index >= 15 is 0 Å². The third-order valence-electron chi connectivity index (χ3n) is 9.01. The number of esters is 6. The van der Waals surface area contributed by atoms with Crippen LogP contribution >= 0.6 is 0 Å². The lowest BCUT2D eigenvalue weighted by atomic mass is 9.93. The summed E-state index contributed by atoms with van der Waals surface area (Å²) in [5.74, 6) is -7.62. The first-order valence-electron chi connectivity index (χ1n) is 18.6. The number of amides is 3. The molecule has 0 aromatic rings. The van der Waals surface area contributed by atoms with Crippen LogP contribution in [0.2, 0.25) is 0 Å². The highest BCUT2D eigenvalue weighted by molar-refractivity contribution is 5.78. The van der Waals surface area contributed by atoms with Gasteiger partial charge in [0, 0.05) is 62.5 Å².